The van der Waals surface area contributed by atoms with Crippen molar-refractivity contribution in [1.82, 2.24) is 4.90 Å². The average molecular weight is 243 g/mol. The van der Waals surface area contributed by atoms with Crippen molar-refractivity contribution in [3.63, 3.8) is 0 Å². The molecule has 0 aliphatic carbocycles. The number of rotatable bonds is 4. The second-order valence-corrected chi connectivity index (χ2v) is 5.23. The summed E-state index contributed by atoms with van der Waals surface area (Å²) in [5, 5.41) is 9.39. The molecule has 0 amide bonds. The topological polar surface area (TPSA) is 53.0 Å². The highest BCUT2D eigenvalue weighted by atomic mass is 15.2. The second kappa shape index (κ2) is 5.51. The van der Waals surface area contributed by atoms with Gasteiger partial charge >= 0.3 is 0 Å². The number of likely N-dealkylation sites (tertiary alicyclic amines) is 1. The van der Waals surface area contributed by atoms with Gasteiger partial charge in [0.2, 0.25) is 0 Å². The first-order chi connectivity index (χ1) is 8.65. The molecule has 0 bridgehead atoms. The van der Waals surface area contributed by atoms with E-state index in [9.17, 15) is 5.26 Å². The Hall–Kier alpha value is -1.37. The number of nitrogens with two attached hydrogens (primary N) is 1. The van der Waals surface area contributed by atoms with Crippen LogP contribution in [0.3, 0.4) is 0 Å². The maximum absolute atomic E-state index is 9.39. The fourth-order valence-electron chi connectivity index (χ4n) is 2.65. The predicted molar refractivity (Wildman–Crippen MR) is 72.8 cm³/mol. The van der Waals surface area contributed by atoms with E-state index in [1.54, 1.807) is 0 Å². The molecule has 1 aromatic carbocycles. The lowest BCUT2D eigenvalue weighted by atomic mass is 9.89. The van der Waals surface area contributed by atoms with Crippen LogP contribution in [0.5, 0.6) is 0 Å². The first-order valence-electron chi connectivity index (χ1n) is 6.65. The Morgan fingerprint density at radius 1 is 1.44 bits per heavy atom. The molecule has 1 aliphatic heterocycles. The van der Waals surface area contributed by atoms with Crippen LogP contribution in [-0.2, 0) is 5.54 Å². The minimum Gasteiger partial charge on any atom is -0.310 e. The molecule has 3 heteroatoms. The number of benzene rings is 1. The maximum Gasteiger partial charge on any atom is 0.131 e. The number of nitriles is 1. The zero-order valence-corrected chi connectivity index (χ0v) is 11.0. The van der Waals surface area contributed by atoms with Crippen LogP contribution >= 0.6 is 0 Å². The van der Waals surface area contributed by atoms with Crippen molar-refractivity contribution in [3.8, 4) is 6.07 Å². The standard InChI is InChI=1S/C15H21N3/c1-13-6-5-10-18(13)11-9-15(17,12-16)14-7-3-2-4-8-14/h2-4,7-8,13H,5-6,9-11,17H2,1H3. The summed E-state index contributed by atoms with van der Waals surface area (Å²) in [4.78, 5) is 2.43. The Morgan fingerprint density at radius 2 is 2.17 bits per heavy atom. The molecule has 1 saturated heterocycles. The second-order valence-electron chi connectivity index (χ2n) is 5.23. The third kappa shape index (κ3) is 2.72. The van der Waals surface area contributed by atoms with Crippen molar-refractivity contribution in [2.75, 3.05) is 13.1 Å². The van der Waals surface area contributed by atoms with Gasteiger partial charge in [-0.2, -0.15) is 5.26 Å². The molecule has 96 valence electrons. The van der Waals surface area contributed by atoms with Crippen LogP contribution in [0.25, 0.3) is 0 Å². The molecule has 3 nitrogen and oxygen atoms in total. The van der Waals surface area contributed by atoms with Gasteiger partial charge in [-0.3, -0.25) is 0 Å². The first-order valence-corrected chi connectivity index (χ1v) is 6.65. The quantitative estimate of drug-likeness (QED) is 0.882. The summed E-state index contributed by atoms with van der Waals surface area (Å²) >= 11 is 0. The third-order valence-electron chi connectivity index (χ3n) is 3.97. The molecule has 0 aromatic heterocycles. The van der Waals surface area contributed by atoms with Gasteiger partial charge in [-0.05, 0) is 38.3 Å². The molecular formula is C15H21N3. The molecule has 1 heterocycles. The Kier molecular flexibility index (Phi) is 4.00. The van der Waals surface area contributed by atoms with E-state index in [0.29, 0.717) is 12.5 Å². The molecule has 1 aromatic rings. The van der Waals surface area contributed by atoms with Crippen LogP contribution in [0.1, 0.15) is 31.7 Å². The van der Waals surface area contributed by atoms with Gasteiger partial charge in [0.25, 0.3) is 0 Å². The molecule has 0 radical (unpaired) electrons. The van der Waals surface area contributed by atoms with E-state index < -0.39 is 5.54 Å². The molecule has 18 heavy (non-hydrogen) atoms. The molecule has 0 spiro atoms. The number of hydrogen-bond acceptors (Lipinski definition) is 3. The van der Waals surface area contributed by atoms with Crippen LogP contribution in [0.2, 0.25) is 0 Å². The van der Waals surface area contributed by atoms with Crippen LogP contribution in [0.15, 0.2) is 30.3 Å². The molecule has 2 N–H and O–H groups in total. The van der Waals surface area contributed by atoms with Crippen LogP contribution in [0, 0.1) is 11.3 Å². The number of hydrogen-bond donors (Lipinski definition) is 1. The smallest absolute Gasteiger partial charge is 0.131 e. The molecular weight excluding hydrogens is 222 g/mol. The summed E-state index contributed by atoms with van der Waals surface area (Å²) < 4.78 is 0. The monoisotopic (exact) mass is 243 g/mol. The van der Waals surface area contributed by atoms with Crippen molar-refractivity contribution in [3.05, 3.63) is 35.9 Å². The Bertz CT molecular complexity index is 423. The molecule has 2 unspecified atom stereocenters. The first kappa shape index (κ1) is 13.1. The van der Waals surface area contributed by atoms with Gasteiger partial charge in [0.15, 0.2) is 0 Å². The van der Waals surface area contributed by atoms with Gasteiger partial charge in [-0.15, -0.1) is 0 Å². The van der Waals surface area contributed by atoms with E-state index in [1.165, 1.54) is 12.8 Å². The zero-order valence-electron chi connectivity index (χ0n) is 11.0. The zero-order chi connectivity index (χ0) is 13.0. The lowest BCUT2D eigenvalue weighted by molar-refractivity contribution is 0.248. The summed E-state index contributed by atoms with van der Waals surface area (Å²) in [6, 6.07) is 12.6. The van der Waals surface area contributed by atoms with Crippen LogP contribution < -0.4 is 5.73 Å². The van der Waals surface area contributed by atoms with Gasteiger partial charge in [0.1, 0.15) is 5.54 Å². The lowest BCUT2D eigenvalue weighted by Crippen LogP contribution is -2.40. The molecule has 0 saturated carbocycles. The third-order valence-corrected chi connectivity index (χ3v) is 3.97. The van der Waals surface area contributed by atoms with Gasteiger partial charge in [0, 0.05) is 12.6 Å². The summed E-state index contributed by atoms with van der Waals surface area (Å²) in [5.41, 5.74) is 6.31. The van der Waals surface area contributed by atoms with E-state index >= 15 is 0 Å². The van der Waals surface area contributed by atoms with Crippen molar-refractivity contribution in [2.24, 2.45) is 5.73 Å². The number of nitrogens with zero attached hydrogens (tertiary/aromatic N) is 2. The van der Waals surface area contributed by atoms with Gasteiger partial charge < -0.3 is 10.6 Å². The van der Waals surface area contributed by atoms with E-state index in [2.05, 4.69) is 17.9 Å². The highest BCUT2D eigenvalue weighted by Crippen LogP contribution is 2.24. The minimum absolute atomic E-state index is 0.628. The van der Waals surface area contributed by atoms with E-state index in [4.69, 9.17) is 5.73 Å². The summed E-state index contributed by atoms with van der Waals surface area (Å²) in [7, 11) is 0. The Morgan fingerprint density at radius 3 is 2.72 bits per heavy atom. The molecule has 1 fully saturated rings. The molecule has 2 atom stereocenters. The van der Waals surface area contributed by atoms with E-state index in [1.807, 2.05) is 30.3 Å². The summed E-state index contributed by atoms with van der Waals surface area (Å²) in [5.74, 6) is 0. The van der Waals surface area contributed by atoms with Crippen LogP contribution in [-0.4, -0.2) is 24.0 Å². The highest BCUT2D eigenvalue weighted by Gasteiger charge is 2.29. The minimum atomic E-state index is -0.858. The fraction of sp³-hybridized carbons (Fsp3) is 0.533. The van der Waals surface area contributed by atoms with Crippen molar-refractivity contribution >= 4 is 0 Å². The lowest BCUT2D eigenvalue weighted by Gasteiger charge is -2.27. The normalized spacial score (nSPS) is 23.5. The SMILES string of the molecule is CC1CCCN1CCC(N)(C#N)c1ccccc1. The van der Waals surface area contributed by atoms with Crippen LogP contribution in [0.4, 0.5) is 0 Å². The van der Waals surface area contributed by atoms with Crippen molar-refractivity contribution < 1.29 is 0 Å². The molecule has 2 rings (SSSR count). The van der Waals surface area contributed by atoms with Crippen molar-refractivity contribution in [1.29, 1.82) is 5.26 Å². The largest absolute Gasteiger partial charge is 0.310 e. The summed E-state index contributed by atoms with van der Waals surface area (Å²) in [6.45, 7) is 4.29. The Labute approximate surface area is 109 Å². The average Bonchev–Trinajstić information content (AvgIpc) is 2.83. The summed E-state index contributed by atoms with van der Waals surface area (Å²) in [6.07, 6.45) is 3.21. The van der Waals surface area contributed by atoms with E-state index in [-0.39, 0.29) is 0 Å². The predicted octanol–water partition coefficient (Wildman–Crippen LogP) is 2.24. The Balaban J connectivity index is 2.03. The fourth-order valence-corrected chi connectivity index (χ4v) is 2.65. The van der Waals surface area contributed by atoms with Crippen molar-refractivity contribution in [2.45, 2.75) is 37.8 Å². The van der Waals surface area contributed by atoms with Gasteiger partial charge in [-0.25, -0.2) is 0 Å². The van der Waals surface area contributed by atoms with E-state index in [0.717, 1.165) is 18.7 Å². The van der Waals surface area contributed by atoms with Gasteiger partial charge in [-0.1, -0.05) is 30.3 Å². The highest BCUT2D eigenvalue weighted by molar-refractivity contribution is 5.30. The maximum atomic E-state index is 9.39. The van der Waals surface area contributed by atoms with Gasteiger partial charge in [0.05, 0.1) is 6.07 Å². The molecule has 1 aliphatic rings.